The van der Waals surface area contributed by atoms with E-state index in [9.17, 15) is 18.0 Å². The summed E-state index contributed by atoms with van der Waals surface area (Å²) < 4.78 is 35.7. The Labute approximate surface area is 161 Å². The van der Waals surface area contributed by atoms with E-state index in [1.165, 1.54) is 44.6 Å². The van der Waals surface area contributed by atoms with Crippen LogP contribution in [0.5, 0.6) is 11.5 Å². The summed E-state index contributed by atoms with van der Waals surface area (Å²) >= 11 is 0. The van der Waals surface area contributed by atoms with E-state index >= 15 is 0 Å². The van der Waals surface area contributed by atoms with Crippen LogP contribution >= 0.6 is 0 Å². The Bertz CT molecular complexity index is 1000. The molecule has 9 nitrogen and oxygen atoms in total. The lowest BCUT2D eigenvalue weighted by atomic mass is 10.2. The molecular formula is C18H18N2O7S. The van der Waals surface area contributed by atoms with Gasteiger partial charge in [0.15, 0.2) is 11.5 Å². The van der Waals surface area contributed by atoms with Crippen molar-refractivity contribution in [3.8, 4) is 11.5 Å². The van der Waals surface area contributed by atoms with Gasteiger partial charge in [0.05, 0.1) is 14.2 Å². The fourth-order valence-corrected chi connectivity index (χ4v) is 3.30. The molecule has 0 saturated heterocycles. The van der Waals surface area contributed by atoms with Crippen LogP contribution in [0.25, 0.3) is 6.08 Å². The Kier molecular flexibility index (Phi) is 6.74. The molecule has 0 heterocycles. The molecule has 0 unspecified atom stereocenters. The minimum atomic E-state index is -4.27. The van der Waals surface area contributed by atoms with Crippen LogP contribution in [0.2, 0.25) is 0 Å². The number of nitrogens with one attached hydrogen (secondary N) is 2. The van der Waals surface area contributed by atoms with Crippen LogP contribution in [0.4, 0.5) is 0 Å². The zero-order chi connectivity index (χ0) is 20.7. The third kappa shape index (κ3) is 5.09. The molecule has 0 spiro atoms. The summed E-state index contributed by atoms with van der Waals surface area (Å²) in [5.41, 5.74) is 2.61. The molecule has 3 N–H and O–H groups in total. The number of ether oxygens (including phenoxy) is 2. The van der Waals surface area contributed by atoms with E-state index in [0.717, 1.165) is 6.08 Å². The second-order valence-corrected chi connectivity index (χ2v) is 7.00. The van der Waals surface area contributed by atoms with E-state index in [2.05, 4.69) is 5.43 Å². The van der Waals surface area contributed by atoms with Crippen molar-refractivity contribution in [2.24, 2.45) is 0 Å². The number of carbonyl (C=O) groups is 2. The fraction of sp³-hybridized carbons (Fsp3) is 0.111. The first-order valence-electron chi connectivity index (χ1n) is 7.82. The number of hydrogen-bond acceptors (Lipinski definition) is 6. The highest BCUT2D eigenvalue weighted by Gasteiger charge is 2.24. The fourth-order valence-electron chi connectivity index (χ4n) is 2.24. The van der Waals surface area contributed by atoms with Crippen LogP contribution in [0.3, 0.4) is 0 Å². The molecule has 10 heteroatoms. The van der Waals surface area contributed by atoms with Gasteiger partial charge in [-0.25, -0.2) is 13.2 Å². The molecule has 0 radical (unpaired) electrons. The lowest BCUT2D eigenvalue weighted by molar-refractivity contribution is -0.131. The molecule has 0 bridgehead atoms. The maximum Gasteiger partial charge on any atom is 0.328 e. The first-order valence-corrected chi connectivity index (χ1v) is 9.31. The summed E-state index contributed by atoms with van der Waals surface area (Å²) in [5, 5.41) is 8.76. The third-order valence-electron chi connectivity index (χ3n) is 3.51. The van der Waals surface area contributed by atoms with E-state index in [-0.39, 0.29) is 27.5 Å². The van der Waals surface area contributed by atoms with Gasteiger partial charge in [-0.2, -0.15) is 0 Å². The van der Waals surface area contributed by atoms with Crippen LogP contribution in [0.15, 0.2) is 53.4 Å². The molecule has 1 amide bonds. The second-order valence-electron chi connectivity index (χ2n) is 5.35. The van der Waals surface area contributed by atoms with Crippen LogP contribution in [-0.2, 0) is 14.8 Å². The molecular weight excluding hydrogens is 388 g/mol. The Balaban J connectivity index is 2.38. The zero-order valence-electron chi connectivity index (χ0n) is 15.0. The Hall–Kier alpha value is -3.37. The normalized spacial score (nSPS) is 11.2. The topological polar surface area (TPSA) is 131 Å². The number of methoxy groups -OCH3 is 2. The van der Waals surface area contributed by atoms with Crippen molar-refractivity contribution in [1.82, 2.24) is 10.3 Å². The van der Waals surface area contributed by atoms with Crippen LogP contribution < -0.4 is 19.7 Å². The maximum atomic E-state index is 12.7. The highest BCUT2D eigenvalue weighted by molar-refractivity contribution is 7.89. The van der Waals surface area contributed by atoms with Gasteiger partial charge >= 0.3 is 5.97 Å². The molecule has 0 saturated carbocycles. The van der Waals surface area contributed by atoms with Crippen LogP contribution in [0, 0.1) is 0 Å². The molecule has 0 aliphatic carbocycles. The Morgan fingerprint density at radius 2 is 1.75 bits per heavy atom. The number of carbonyl (C=O) groups excluding carboxylic acids is 1. The quantitative estimate of drug-likeness (QED) is 0.446. The van der Waals surface area contributed by atoms with Crippen molar-refractivity contribution in [2.75, 3.05) is 14.2 Å². The minimum Gasteiger partial charge on any atom is -0.493 e. The van der Waals surface area contributed by atoms with Gasteiger partial charge in [0.2, 0.25) is 0 Å². The Morgan fingerprint density at radius 1 is 1.07 bits per heavy atom. The molecule has 0 fully saturated rings. The lowest BCUT2D eigenvalue weighted by Crippen LogP contribution is -2.41. The highest BCUT2D eigenvalue weighted by atomic mass is 32.2. The molecule has 0 aliphatic rings. The van der Waals surface area contributed by atoms with Crippen molar-refractivity contribution in [1.29, 1.82) is 0 Å². The van der Waals surface area contributed by atoms with Gasteiger partial charge in [0, 0.05) is 11.6 Å². The van der Waals surface area contributed by atoms with Gasteiger partial charge < -0.3 is 14.6 Å². The van der Waals surface area contributed by atoms with Crippen molar-refractivity contribution in [3.05, 3.63) is 59.7 Å². The number of amides is 1. The molecule has 2 rings (SSSR count). The molecule has 2 aromatic carbocycles. The summed E-state index contributed by atoms with van der Waals surface area (Å²) in [4.78, 5) is 24.4. The third-order valence-corrected chi connectivity index (χ3v) is 4.76. The standard InChI is InChI=1S/C18H18N2O7S/c1-26-14-10-12(8-9-16(21)22)11-15(17(14)27-2)28(24,25)20-19-18(23)13-6-4-3-5-7-13/h3-11,20H,1-2H3,(H,19,23)(H,21,22)/b9-8+. The molecule has 0 aliphatic heterocycles. The molecule has 0 atom stereocenters. The second kappa shape index (κ2) is 9.02. The summed E-state index contributed by atoms with van der Waals surface area (Å²) in [5.74, 6) is -1.88. The number of aliphatic carboxylic acids is 1. The van der Waals surface area contributed by atoms with E-state index in [1.54, 1.807) is 18.2 Å². The van der Waals surface area contributed by atoms with Crippen LogP contribution in [0.1, 0.15) is 15.9 Å². The highest BCUT2D eigenvalue weighted by Crippen LogP contribution is 2.35. The predicted octanol–water partition coefficient (Wildman–Crippen LogP) is 1.42. The maximum absolute atomic E-state index is 12.7. The first-order chi connectivity index (χ1) is 13.3. The molecule has 0 aromatic heterocycles. The van der Waals surface area contributed by atoms with E-state index < -0.39 is 21.9 Å². The van der Waals surface area contributed by atoms with Crippen LogP contribution in [-0.4, -0.2) is 39.6 Å². The SMILES string of the molecule is COc1cc(/C=C/C(=O)O)cc(S(=O)(=O)NNC(=O)c2ccccc2)c1OC. The number of hydrogen-bond donors (Lipinski definition) is 3. The number of sulfonamides is 1. The van der Waals surface area contributed by atoms with E-state index in [4.69, 9.17) is 14.6 Å². The minimum absolute atomic E-state index is 0.0739. The molecule has 2 aromatic rings. The smallest absolute Gasteiger partial charge is 0.328 e. The first kappa shape index (κ1) is 20.9. The average molecular weight is 406 g/mol. The number of carboxylic acids is 1. The summed E-state index contributed by atoms with van der Waals surface area (Å²) in [7, 11) is -1.70. The Morgan fingerprint density at radius 3 is 2.32 bits per heavy atom. The van der Waals surface area contributed by atoms with Gasteiger partial charge in [0.1, 0.15) is 4.90 Å². The largest absolute Gasteiger partial charge is 0.493 e. The van der Waals surface area contributed by atoms with Gasteiger partial charge in [-0.15, -0.1) is 4.83 Å². The zero-order valence-corrected chi connectivity index (χ0v) is 15.8. The number of hydrazine groups is 1. The number of rotatable bonds is 8. The monoisotopic (exact) mass is 406 g/mol. The summed E-state index contributed by atoms with van der Waals surface area (Å²) in [6.07, 6.45) is 2.05. The molecule has 28 heavy (non-hydrogen) atoms. The lowest BCUT2D eigenvalue weighted by Gasteiger charge is -2.15. The van der Waals surface area contributed by atoms with Gasteiger partial charge in [-0.05, 0) is 35.9 Å². The summed E-state index contributed by atoms with van der Waals surface area (Å²) in [6.45, 7) is 0. The van der Waals surface area contributed by atoms with Crippen molar-refractivity contribution < 1.29 is 32.6 Å². The number of carboxylic acid groups (broad SMARTS) is 1. The van der Waals surface area contributed by atoms with Gasteiger partial charge in [0.25, 0.3) is 15.9 Å². The average Bonchev–Trinajstić information content (AvgIpc) is 2.70. The van der Waals surface area contributed by atoms with E-state index in [1.807, 2.05) is 4.83 Å². The van der Waals surface area contributed by atoms with Gasteiger partial charge in [-0.1, -0.05) is 18.2 Å². The van der Waals surface area contributed by atoms with Crippen molar-refractivity contribution in [3.63, 3.8) is 0 Å². The summed E-state index contributed by atoms with van der Waals surface area (Å²) in [6, 6.07) is 10.6. The van der Waals surface area contributed by atoms with Crippen molar-refractivity contribution in [2.45, 2.75) is 4.90 Å². The number of benzene rings is 2. The van der Waals surface area contributed by atoms with Gasteiger partial charge in [-0.3, -0.25) is 10.2 Å². The van der Waals surface area contributed by atoms with E-state index in [0.29, 0.717) is 0 Å². The molecule has 148 valence electrons. The van der Waals surface area contributed by atoms with Crippen molar-refractivity contribution >= 4 is 28.0 Å². The predicted molar refractivity (Wildman–Crippen MR) is 100 cm³/mol.